The van der Waals surface area contributed by atoms with E-state index in [4.69, 9.17) is 10.3 Å². The standard InChI is InChI=1S/C9H14F3N3O/c1-8(2,3)6(13)7-14-5(15-16-7)4-9(10,11)12/h6H,4,13H2,1-3H3/t6-/m1/s1. The van der Waals surface area contributed by atoms with E-state index in [-0.39, 0.29) is 17.1 Å². The summed E-state index contributed by atoms with van der Waals surface area (Å²) < 4.78 is 40.8. The molecule has 0 radical (unpaired) electrons. The molecule has 92 valence electrons. The van der Waals surface area contributed by atoms with E-state index >= 15 is 0 Å². The molecule has 1 aromatic heterocycles. The van der Waals surface area contributed by atoms with Gasteiger partial charge < -0.3 is 10.3 Å². The number of alkyl halides is 3. The Morgan fingerprint density at radius 3 is 2.31 bits per heavy atom. The quantitative estimate of drug-likeness (QED) is 0.856. The van der Waals surface area contributed by atoms with Crippen molar-refractivity contribution in [2.45, 2.75) is 39.4 Å². The molecule has 0 amide bonds. The zero-order chi connectivity index (χ0) is 12.6. The first-order chi connectivity index (χ1) is 7.09. The van der Waals surface area contributed by atoms with Crippen molar-refractivity contribution >= 4 is 0 Å². The van der Waals surface area contributed by atoms with E-state index in [9.17, 15) is 13.2 Å². The van der Waals surface area contributed by atoms with Crippen molar-refractivity contribution in [3.63, 3.8) is 0 Å². The van der Waals surface area contributed by atoms with Gasteiger partial charge in [0.1, 0.15) is 6.42 Å². The van der Waals surface area contributed by atoms with Gasteiger partial charge in [-0.1, -0.05) is 25.9 Å². The molecular formula is C9H14F3N3O. The van der Waals surface area contributed by atoms with Gasteiger partial charge in [0.15, 0.2) is 5.82 Å². The summed E-state index contributed by atoms with van der Waals surface area (Å²) in [7, 11) is 0. The molecule has 0 saturated heterocycles. The van der Waals surface area contributed by atoms with Gasteiger partial charge in [0.05, 0.1) is 6.04 Å². The maximum absolute atomic E-state index is 12.0. The highest BCUT2D eigenvalue weighted by molar-refractivity contribution is 4.97. The molecule has 0 bridgehead atoms. The summed E-state index contributed by atoms with van der Waals surface area (Å²) in [5.41, 5.74) is 5.43. The SMILES string of the molecule is CC(C)(C)[C@H](N)c1nc(CC(F)(F)F)no1. The monoisotopic (exact) mass is 237 g/mol. The maximum atomic E-state index is 12.0. The summed E-state index contributed by atoms with van der Waals surface area (Å²) in [6, 6.07) is -0.581. The van der Waals surface area contributed by atoms with Gasteiger partial charge in [0.25, 0.3) is 0 Å². The smallest absolute Gasteiger partial charge is 0.338 e. The largest absolute Gasteiger partial charge is 0.396 e. The van der Waals surface area contributed by atoms with Crippen molar-refractivity contribution in [1.82, 2.24) is 10.1 Å². The lowest BCUT2D eigenvalue weighted by atomic mass is 9.87. The molecule has 0 aliphatic rings. The molecule has 7 heteroatoms. The van der Waals surface area contributed by atoms with Gasteiger partial charge in [0.2, 0.25) is 5.89 Å². The number of hydrogen-bond donors (Lipinski definition) is 1. The lowest BCUT2D eigenvalue weighted by Crippen LogP contribution is -2.26. The molecule has 0 fully saturated rings. The van der Waals surface area contributed by atoms with Crippen molar-refractivity contribution in [3.8, 4) is 0 Å². The molecule has 1 heterocycles. The molecule has 0 aliphatic carbocycles. The first kappa shape index (κ1) is 13.0. The Labute approximate surface area is 91.0 Å². The third kappa shape index (κ3) is 3.48. The number of rotatable bonds is 2. The van der Waals surface area contributed by atoms with Gasteiger partial charge in [-0.3, -0.25) is 0 Å². The molecule has 4 nitrogen and oxygen atoms in total. The Kier molecular flexibility index (Phi) is 3.27. The van der Waals surface area contributed by atoms with Gasteiger partial charge >= 0.3 is 6.18 Å². The second-order valence-corrected chi connectivity index (χ2v) is 4.68. The van der Waals surface area contributed by atoms with Crippen LogP contribution in [0.5, 0.6) is 0 Å². The Bertz CT molecular complexity index is 354. The maximum Gasteiger partial charge on any atom is 0.396 e. The van der Waals surface area contributed by atoms with Gasteiger partial charge in [-0.05, 0) is 5.41 Å². The normalized spacial score (nSPS) is 15.2. The zero-order valence-electron chi connectivity index (χ0n) is 9.30. The summed E-state index contributed by atoms with van der Waals surface area (Å²) in [4.78, 5) is 3.64. The van der Waals surface area contributed by atoms with Crippen molar-refractivity contribution in [1.29, 1.82) is 0 Å². The van der Waals surface area contributed by atoms with Crippen LogP contribution in [0, 0.1) is 5.41 Å². The van der Waals surface area contributed by atoms with E-state index in [2.05, 4.69) is 10.1 Å². The van der Waals surface area contributed by atoms with Crippen LogP contribution in [-0.2, 0) is 6.42 Å². The average Bonchev–Trinajstić information content (AvgIpc) is 2.46. The molecule has 1 atom stereocenters. The summed E-state index contributed by atoms with van der Waals surface area (Å²) in [5, 5.41) is 3.25. The molecule has 1 aromatic rings. The molecule has 16 heavy (non-hydrogen) atoms. The Hall–Kier alpha value is -1.11. The fourth-order valence-electron chi connectivity index (χ4n) is 1.02. The van der Waals surface area contributed by atoms with Crippen LogP contribution < -0.4 is 5.73 Å². The number of aromatic nitrogens is 2. The molecular weight excluding hydrogens is 223 g/mol. The zero-order valence-corrected chi connectivity index (χ0v) is 9.30. The third-order valence-electron chi connectivity index (χ3n) is 2.04. The predicted molar refractivity (Wildman–Crippen MR) is 50.4 cm³/mol. The minimum atomic E-state index is -4.34. The number of hydrogen-bond acceptors (Lipinski definition) is 4. The first-order valence-corrected chi connectivity index (χ1v) is 4.74. The number of nitrogens with zero attached hydrogens (tertiary/aromatic N) is 2. The Balaban J connectivity index is 2.80. The minimum Gasteiger partial charge on any atom is -0.338 e. The molecule has 0 aromatic carbocycles. The molecule has 0 aliphatic heterocycles. The van der Waals surface area contributed by atoms with Crippen molar-refractivity contribution in [2.75, 3.05) is 0 Å². The van der Waals surface area contributed by atoms with Gasteiger partial charge in [-0.2, -0.15) is 18.2 Å². The van der Waals surface area contributed by atoms with Gasteiger partial charge in [0, 0.05) is 0 Å². The van der Waals surface area contributed by atoms with Gasteiger partial charge in [-0.25, -0.2) is 0 Å². The highest BCUT2D eigenvalue weighted by Crippen LogP contribution is 2.29. The van der Waals surface area contributed by atoms with Crippen LogP contribution >= 0.6 is 0 Å². The molecule has 0 spiro atoms. The van der Waals surface area contributed by atoms with E-state index in [1.165, 1.54) is 0 Å². The first-order valence-electron chi connectivity index (χ1n) is 4.74. The molecule has 2 N–H and O–H groups in total. The van der Waals surface area contributed by atoms with Crippen molar-refractivity contribution < 1.29 is 17.7 Å². The predicted octanol–water partition coefficient (Wildman–Crippen LogP) is 2.22. The van der Waals surface area contributed by atoms with Crippen LogP contribution in [0.25, 0.3) is 0 Å². The van der Waals surface area contributed by atoms with Gasteiger partial charge in [-0.15, -0.1) is 0 Å². The highest BCUT2D eigenvalue weighted by atomic mass is 19.4. The lowest BCUT2D eigenvalue weighted by molar-refractivity contribution is -0.128. The van der Waals surface area contributed by atoms with E-state index in [1.807, 2.05) is 20.8 Å². The van der Waals surface area contributed by atoms with Crippen LogP contribution in [0.1, 0.15) is 38.5 Å². The minimum absolute atomic E-state index is 0.0340. The Morgan fingerprint density at radius 1 is 1.31 bits per heavy atom. The molecule has 0 unspecified atom stereocenters. The second kappa shape index (κ2) is 4.04. The van der Waals surface area contributed by atoms with Crippen LogP contribution in [0.4, 0.5) is 13.2 Å². The number of halogens is 3. The topological polar surface area (TPSA) is 64.9 Å². The van der Waals surface area contributed by atoms with E-state index in [0.29, 0.717) is 0 Å². The fourth-order valence-corrected chi connectivity index (χ4v) is 1.02. The summed E-state index contributed by atoms with van der Waals surface area (Å²) in [5.74, 6) is -0.353. The highest BCUT2D eigenvalue weighted by Gasteiger charge is 2.32. The number of nitrogens with two attached hydrogens (primary N) is 1. The second-order valence-electron chi connectivity index (χ2n) is 4.68. The molecule has 1 rings (SSSR count). The van der Waals surface area contributed by atoms with E-state index < -0.39 is 18.6 Å². The van der Waals surface area contributed by atoms with E-state index in [1.54, 1.807) is 0 Å². The third-order valence-corrected chi connectivity index (χ3v) is 2.04. The lowest BCUT2D eigenvalue weighted by Gasteiger charge is -2.23. The van der Waals surface area contributed by atoms with E-state index in [0.717, 1.165) is 0 Å². The van der Waals surface area contributed by atoms with Crippen LogP contribution in [0.15, 0.2) is 4.52 Å². The Morgan fingerprint density at radius 2 is 1.88 bits per heavy atom. The average molecular weight is 237 g/mol. The summed E-state index contributed by atoms with van der Waals surface area (Å²) >= 11 is 0. The fraction of sp³-hybridized carbons (Fsp3) is 0.778. The summed E-state index contributed by atoms with van der Waals surface area (Å²) in [6.45, 7) is 5.52. The summed E-state index contributed by atoms with van der Waals surface area (Å²) in [6.07, 6.45) is -5.54. The van der Waals surface area contributed by atoms with Crippen molar-refractivity contribution in [2.24, 2.45) is 11.1 Å². The van der Waals surface area contributed by atoms with Crippen LogP contribution in [0.3, 0.4) is 0 Å². The van der Waals surface area contributed by atoms with Crippen LogP contribution in [0.2, 0.25) is 0 Å². The molecule has 0 saturated carbocycles. The van der Waals surface area contributed by atoms with Crippen molar-refractivity contribution in [3.05, 3.63) is 11.7 Å². The van der Waals surface area contributed by atoms with Crippen LogP contribution in [-0.4, -0.2) is 16.3 Å².